The molecule has 1 saturated heterocycles. The number of unbranched alkanes of at least 4 members (excludes halogenated alkanes) is 2. The van der Waals surface area contributed by atoms with Crippen LogP contribution in [0.15, 0.2) is 60.7 Å². The summed E-state index contributed by atoms with van der Waals surface area (Å²) in [6, 6.07) is 19.0. The summed E-state index contributed by atoms with van der Waals surface area (Å²) >= 11 is 6.24. The van der Waals surface area contributed by atoms with Crippen molar-refractivity contribution in [2.24, 2.45) is 7.05 Å². The molecule has 2 N–H and O–H groups in total. The summed E-state index contributed by atoms with van der Waals surface area (Å²) in [5.41, 5.74) is 6.30. The highest BCUT2D eigenvalue weighted by atomic mass is 35.5. The number of benzene rings is 3. The number of aromatic nitrogens is 4. The second kappa shape index (κ2) is 16.3. The minimum atomic E-state index is -0.701. The monoisotopic (exact) mass is 670 g/mol. The van der Waals surface area contributed by atoms with Crippen molar-refractivity contribution < 1.29 is 9.59 Å². The number of nitrogens with zero attached hydrogens (tertiary/aromatic N) is 6. The van der Waals surface area contributed by atoms with Crippen LogP contribution in [0.1, 0.15) is 77.7 Å². The van der Waals surface area contributed by atoms with Crippen molar-refractivity contribution in [1.82, 2.24) is 35.3 Å². The van der Waals surface area contributed by atoms with Gasteiger partial charge in [-0.1, -0.05) is 61.7 Å². The van der Waals surface area contributed by atoms with Gasteiger partial charge in [0.1, 0.15) is 6.04 Å². The lowest BCUT2D eigenvalue weighted by Crippen LogP contribution is -2.48. The summed E-state index contributed by atoms with van der Waals surface area (Å²) in [4.78, 5) is 32.3. The lowest BCUT2D eigenvalue weighted by atomic mass is 9.99. The average Bonchev–Trinajstić information content (AvgIpc) is 3.64. The van der Waals surface area contributed by atoms with Gasteiger partial charge >= 0.3 is 0 Å². The molecule has 11 heteroatoms. The van der Waals surface area contributed by atoms with E-state index in [9.17, 15) is 9.59 Å². The van der Waals surface area contributed by atoms with E-state index in [0.29, 0.717) is 17.1 Å². The highest BCUT2D eigenvalue weighted by Gasteiger charge is 2.45. The van der Waals surface area contributed by atoms with E-state index in [1.165, 1.54) is 5.56 Å². The van der Waals surface area contributed by atoms with E-state index < -0.39 is 6.04 Å². The van der Waals surface area contributed by atoms with Crippen LogP contribution in [0.3, 0.4) is 0 Å². The number of hydrogen-bond donors (Lipinski definition) is 2. The predicted octanol–water partition coefficient (Wildman–Crippen LogP) is 6.21. The second-order valence-electron chi connectivity index (χ2n) is 12.8. The van der Waals surface area contributed by atoms with Crippen LogP contribution >= 0.6 is 11.6 Å². The van der Waals surface area contributed by atoms with E-state index in [-0.39, 0.29) is 17.9 Å². The van der Waals surface area contributed by atoms with Crippen LogP contribution in [0.25, 0.3) is 11.4 Å². The largest absolute Gasteiger partial charge is 0.324 e. The molecule has 2 aliphatic rings. The maximum absolute atomic E-state index is 14.2. The van der Waals surface area contributed by atoms with E-state index in [0.717, 1.165) is 85.4 Å². The van der Waals surface area contributed by atoms with Crippen LogP contribution in [0.5, 0.6) is 0 Å². The molecule has 0 saturated carbocycles. The summed E-state index contributed by atoms with van der Waals surface area (Å²) in [7, 11) is 5.55. The fraction of sp³-hybridized carbons (Fsp3) is 0.432. The molecule has 0 aliphatic carbocycles. The van der Waals surface area contributed by atoms with Crippen molar-refractivity contribution >= 4 is 29.1 Å². The molecule has 1 atom stereocenters. The average molecular weight is 671 g/mol. The highest BCUT2D eigenvalue weighted by Crippen LogP contribution is 2.39. The van der Waals surface area contributed by atoms with E-state index >= 15 is 0 Å². The molecule has 1 aromatic heterocycles. The van der Waals surface area contributed by atoms with Crippen LogP contribution < -0.4 is 10.6 Å². The zero-order valence-electron chi connectivity index (χ0n) is 28.7. The Kier molecular flexibility index (Phi) is 12.0. The van der Waals surface area contributed by atoms with Gasteiger partial charge in [-0.3, -0.25) is 14.5 Å². The number of carbonyl (C=O) groups is 2. The molecule has 0 bridgehead atoms. The first-order valence-corrected chi connectivity index (χ1v) is 17.3. The topological polar surface area (TPSA) is 108 Å². The SMILES string of the molecule is CCCCCc1cc(NC(=O)C2c3ccccc3C(=O)N2C2CCN(Cc3ccc(Cl)c(C)c3)CC2)cc(-c2nnnn2C)c1.CNC. The number of likely N-dealkylation sites (tertiary alicyclic amines) is 1. The normalized spacial score (nSPS) is 16.4. The molecule has 4 aromatic rings. The first kappa shape index (κ1) is 35.2. The Balaban J connectivity index is 0.00000145. The Morgan fingerprint density at radius 2 is 1.75 bits per heavy atom. The number of aryl methyl sites for hydroxylation is 3. The van der Waals surface area contributed by atoms with Gasteiger partial charge in [0.15, 0.2) is 5.82 Å². The van der Waals surface area contributed by atoms with E-state index in [4.69, 9.17) is 11.6 Å². The molecule has 1 fully saturated rings. The van der Waals surface area contributed by atoms with Gasteiger partial charge in [0.05, 0.1) is 0 Å². The lowest BCUT2D eigenvalue weighted by Gasteiger charge is -2.39. The first-order chi connectivity index (χ1) is 23.2. The summed E-state index contributed by atoms with van der Waals surface area (Å²) in [5.74, 6) is 0.350. The minimum absolute atomic E-state index is 0.0375. The fourth-order valence-corrected chi connectivity index (χ4v) is 6.82. The van der Waals surface area contributed by atoms with Gasteiger partial charge in [-0.2, -0.15) is 0 Å². The van der Waals surface area contributed by atoms with Gasteiger partial charge in [0.2, 0.25) is 0 Å². The summed E-state index contributed by atoms with van der Waals surface area (Å²) in [6.07, 6.45) is 5.80. The van der Waals surface area contributed by atoms with E-state index in [2.05, 4.69) is 56.2 Å². The third kappa shape index (κ3) is 8.11. The van der Waals surface area contributed by atoms with Crippen molar-refractivity contribution in [1.29, 1.82) is 0 Å². The zero-order valence-corrected chi connectivity index (χ0v) is 29.4. The summed E-state index contributed by atoms with van der Waals surface area (Å²) in [6.45, 7) is 6.73. The molecule has 2 amide bonds. The number of fused-ring (bicyclic) bond motifs is 1. The number of hydrogen-bond acceptors (Lipinski definition) is 7. The Morgan fingerprint density at radius 3 is 2.44 bits per heavy atom. The Hall–Kier alpha value is -4.12. The molecule has 48 heavy (non-hydrogen) atoms. The van der Waals surface area contributed by atoms with Crippen molar-refractivity contribution in [2.45, 2.75) is 71.0 Å². The number of amides is 2. The van der Waals surface area contributed by atoms with Crippen LogP contribution in [0.2, 0.25) is 5.02 Å². The number of nitrogens with one attached hydrogen (secondary N) is 2. The molecule has 3 heterocycles. The fourth-order valence-electron chi connectivity index (χ4n) is 6.70. The number of carbonyl (C=O) groups excluding carboxylic acids is 2. The van der Waals surface area contributed by atoms with Crippen LogP contribution in [0.4, 0.5) is 5.69 Å². The summed E-state index contributed by atoms with van der Waals surface area (Å²) < 4.78 is 1.63. The third-order valence-corrected chi connectivity index (χ3v) is 9.46. The standard InChI is InChI=1S/C35H40ClN7O2.C2H7N/c1-4-5-6-9-24-19-26(33-38-39-40-41(33)3)21-27(20-24)37-34(44)32-29-10-7-8-11-30(29)35(45)43(32)28-14-16-42(17-15-28)22-25-12-13-31(36)23(2)18-25;1-3-2/h7-8,10-13,18-21,28,32H,4-6,9,14-17,22H2,1-3H3,(H,37,44);3H,1-2H3. The maximum atomic E-state index is 14.2. The molecule has 3 aromatic carbocycles. The number of tetrazole rings is 1. The molecular weight excluding hydrogens is 624 g/mol. The summed E-state index contributed by atoms with van der Waals surface area (Å²) in [5, 5.41) is 18.7. The van der Waals surface area contributed by atoms with Gasteiger partial charge in [0.25, 0.3) is 11.8 Å². The van der Waals surface area contributed by atoms with Gasteiger partial charge in [0, 0.05) is 54.6 Å². The minimum Gasteiger partial charge on any atom is -0.324 e. The molecular formula is C37H47ClN8O2. The molecule has 10 nitrogen and oxygen atoms in total. The van der Waals surface area contributed by atoms with Crippen LogP contribution in [-0.2, 0) is 24.8 Å². The first-order valence-electron chi connectivity index (χ1n) is 16.9. The van der Waals surface area contributed by atoms with Crippen LogP contribution in [-0.4, -0.2) is 75.0 Å². The van der Waals surface area contributed by atoms with Gasteiger partial charge < -0.3 is 15.5 Å². The number of anilines is 1. The van der Waals surface area contributed by atoms with Crippen molar-refractivity contribution in [3.63, 3.8) is 0 Å². The highest BCUT2D eigenvalue weighted by molar-refractivity contribution is 6.31. The zero-order chi connectivity index (χ0) is 34.2. The van der Waals surface area contributed by atoms with Gasteiger partial charge in [-0.25, -0.2) is 4.68 Å². The van der Waals surface area contributed by atoms with Crippen molar-refractivity contribution in [2.75, 3.05) is 32.5 Å². The molecule has 0 spiro atoms. The smallest absolute Gasteiger partial charge is 0.255 e. The third-order valence-electron chi connectivity index (χ3n) is 9.03. The predicted molar refractivity (Wildman–Crippen MR) is 191 cm³/mol. The maximum Gasteiger partial charge on any atom is 0.255 e. The second-order valence-corrected chi connectivity index (χ2v) is 13.2. The Morgan fingerprint density at radius 1 is 1.00 bits per heavy atom. The van der Waals surface area contributed by atoms with Crippen molar-refractivity contribution in [3.05, 3.63) is 93.5 Å². The lowest BCUT2D eigenvalue weighted by molar-refractivity contribution is -0.121. The molecule has 0 radical (unpaired) electrons. The number of piperidine rings is 1. The number of halogens is 1. The quantitative estimate of drug-likeness (QED) is 0.193. The molecule has 1 unspecified atom stereocenters. The van der Waals surface area contributed by atoms with E-state index in [1.54, 1.807) is 11.7 Å². The van der Waals surface area contributed by atoms with Crippen molar-refractivity contribution in [3.8, 4) is 11.4 Å². The Labute approximate surface area is 288 Å². The molecule has 6 rings (SSSR count). The van der Waals surface area contributed by atoms with E-state index in [1.807, 2.05) is 68.4 Å². The molecule has 2 aliphatic heterocycles. The van der Waals surface area contributed by atoms with Gasteiger partial charge in [-0.15, -0.1) is 5.10 Å². The van der Waals surface area contributed by atoms with Crippen LogP contribution in [0, 0.1) is 6.92 Å². The Bertz CT molecular complexity index is 1720. The number of rotatable bonds is 10. The van der Waals surface area contributed by atoms with Gasteiger partial charge in [-0.05, 0) is 110 Å². The molecule has 254 valence electrons.